The van der Waals surface area contributed by atoms with E-state index in [-0.39, 0.29) is 5.91 Å². The molecule has 0 spiro atoms. The number of carbonyl (C=O) groups is 1. The van der Waals surface area contributed by atoms with E-state index in [1.54, 1.807) is 14.2 Å². The lowest BCUT2D eigenvalue weighted by Crippen LogP contribution is -2.29. The van der Waals surface area contributed by atoms with Gasteiger partial charge in [0.15, 0.2) is 0 Å². The van der Waals surface area contributed by atoms with Crippen LogP contribution in [0.15, 0.2) is 66.7 Å². The number of nitrogens with one attached hydrogen (secondary N) is 1. The van der Waals surface area contributed by atoms with Gasteiger partial charge in [0.25, 0.3) is 0 Å². The van der Waals surface area contributed by atoms with Gasteiger partial charge in [0, 0.05) is 6.54 Å². The molecule has 0 atom stereocenters. The van der Waals surface area contributed by atoms with Gasteiger partial charge in [0.05, 0.1) is 20.1 Å². The molecule has 0 aliphatic heterocycles. The van der Waals surface area contributed by atoms with Crippen molar-refractivity contribution in [1.29, 1.82) is 0 Å². The summed E-state index contributed by atoms with van der Waals surface area (Å²) in [7, 11) is 3.30. The molecule has 0 aromatic heterocycles. The molecule has 4 nitrogen and oxygen atoms in total. The Balaban J connectivity index is 1.95. The summed E-state index contributed by atoms with van der Waals surface area (Å²) in [6, 6.07) is 21.7. The summed E-state index contributed by atoms with van der Waals surface area (Å²) in [5, 5.41) is 3.09. The maximum atomic E-state index is 13.3. The zero-order valence-corrected chi connectivity index (χ0v) is 17.4. The molecule has 1 N–H and O–H groups in total. The lowest BCUT2D eigenvalue weighted by atomic mass is 9.88. The summed E-state index contributed by atoms with van der Waals surface area (Å²) in [6.07, 6.45) is 0. The van der Waals surface area contributed by atoms with Gasteiger partial charge in [-0.1, -0.05) is 54.6 Å². The Bertz CT molecular complexity index is 929. The van der Waals surface area contributed by atoms with Gasteiger partial charge >= 0.3 is 0 Å². The highest BCUT2D eigenvalue weighted by Crippen LogP contribution is 2.31. The number of ether oxygens (including phenoxy) is 2. The molecule has 4 heteroatoms. The highest BCUT2D eigenvalue weighted by molar-refractivity contribution is 5.87. The maximum Gasteiger partial charge on any atom is 0.232 e. The first-order valence-corrected chi connectivity index (χ1v) is 9.64. The smallest absolute Gasteiger partial charge is 0.232 e. The molecule has 29 heavy (non-hydrogen) atoms. The van der Waals surface area contributed by atoms with Gasteiger partial charge in [-0.25, -0.2) is 0 Å². The van der Waals surface area contributed by atoms with Crippen LogP contribution >= 0.6 is 0 Å². The van der Waals surface area contributed by atoms with Gasteiger partial charge in [-0.15, -0.1) is 0 Å². The minimum absolute atomic E-state index is 0.0389. The Morgan fingerprint density at radius 1 is 0.828 bits per heavy atom. The molecule has 0 radical (unpaired) electrons. The molecular formula is C25H27NO3. The van der Waals surface area contributed by atoms with Crippen LogP contribution in [0.25, 0.3) is 0 Å². The Kier molecular flexibility index (Phi) is 6.55. The fraction of sp³-hybridized carbons (Fsp3) is 0.240. The van der Waals surface area contributed by atoms with Crippen molar-refractivity contribution in [2.24, 2.45) is 0 Å². The van der Waals surface area contributed by atoms with Gasteiger partial charge in [-0.05, 0) is 53.8 Å². The average Bonchev–Trinajstić information content (AvgIpc) is 2.73. The van der Waals surface area contributed by atoms with Crippen molar-refractivity contribution in [1.82, 2.24) is 5.32 Å². The molecule has 3 aromatic carbocycles. The molecule has 0 aliphatic rings. The van der Waals surface area contributed by atoms with Gasteiger partial charge in [-0.3, -0.25) is 4.79 Å². The van der Waals surface area contributed by atoms with E-state index in [4.69, 9.17) is 9.47 Å². The number of methoxy groups -OCH3 is 2. The third-order valence-corrected chi connectivity index (χ3v) is 5.08. The third-order valence-electron chi connectivity index (χ3n) is 5.08. The van der Waals surface area contributed by atoms with E-state index in [0.717, 1.165) is 39.3 Å². The number of carbonyl (C=O) groups excluding carboxylic acids is 1. The van der Waals surface area contributed by atoms with Crippen LogP contribution < -0.4 is 14.8 Å². The van der Waals surface area contributed by atoms with Crippen LogP contribution in [-0.4, -0.2) is 20.1 Å². The molecule has 0 aliphatic carbocycles. The highest BCUT2D eigenvalue weighted by atomic mass is 16.5. The zero-order chi connectivity index (χ0) is 20.8. The topological polar surface area (TPSA) is 47.6 Å². The SMILES string of the molecule is COc1ccc(C(C(=O)NCc2ccccc2)c2ccc(OC)c(C)c2)cc1C. The first-order valence-electron chi connectivity index (χ1n) is 9.64. The summed E-state index contributed by atoms with van der Waals surface area (Å²) < 4.78 is 10.8. The largest absolute Gasteiger partial charge is 0.496 e. The number of hydrogen-bond acceptors (Lipinski definition) is 3. The molecule has 0 saturated carbocycles. The Morgan fingerprint density at radius 2 is 1.34 bits per heavy atom. The molecule has 0 fully saturated rings. The van der Waals surface area contributed by atoms with Crippen molar-refractivity contribution in [3.63, 3.8) is 0 Å². The second kappa shape index (κ2) is 9.28. The second-order valence-electron chi connectivity index (χ2n) is 7.09. The van der Waals surface area contributed by atoms with Crippen LogP contribution in [0.5, 0.6) is 11.5 Å². The normalized spacial score (nSPS) is 10.7. The van der Waals surface area contributed by atoms with Crippen molar-refractivity contribution < 1.29 is 14.3 Å². The average molecular weight is 389 g/mol. The van der Waals surface area contributed by atoms with E-state index in [0.29, 0.717) is 6.54 Å². The van der Waals surface area contributed by atoms with Gasteiger partial charge < -0.3 is 14.8 Å². The summed E-state index contributed by atoms with van der Waals surface area (Å²) >= 11 is 0. The van der Waals surface area contributed by atoms with E-state index in [1.807, 2.05) is 80.6 Å². The Labute approximate surface area is 172 Å². The second-order valence-corrected chi connectivity index (χ2v) is 7.09. The maximum absolute atomic E-state index is 13.3. The van der Waals surface area contributed by atoms with Crippen molar-refractivity contribution in [2.75, 3.05) is 14.2 Å². The monoisotopic (exact) mass is 389 g/mol. The number of amides is 1. The Morgan fingerprint density at radius 3 is 1.79 bits per heavy atom. The van der Waals surface area contributed by atoms with E-state index in [9.17, 15) is 4.79 Å². The van der Waals surface area contributed by atoms with E-state index >= 15 is 0 Å². The molecule has 3 rings (SSSR count). The fourth-order valence-electron chi connectivity index (χ4n) is 3.54. The van der Waals surface area contributed by atoms with Crippen LogP contribution in [-0.2, 0) is 11.3 Å². The molecule has 150 valence electrons. The van der Waals surface area contributed by atoms with Crippen molar-refractivity contribution >= 4 is 5.91 Å². The summed E-state index contributed by atoms with van der Waals surface area (Å²) in [5.41, 5.74) is 4.92. The van der Waals surface area contributed by atoms with Crippen molar-refractivity contribution in [3.05, 3.63) is 94.5 Å². The standard InChI is InChI=1S/C25H27NO3/c1-17-14-20(10-12-22(17)28-3)24(21-11-13-23(29-4)18(2)15-21)25(27)26-16-19-8-6-5-7-9-19/h5-15,24H,16H2,1-4H3,(H,26,27). The molecule has 1 amide bonds. The predicted octanol–water partition coefficient (Wildman–Crippen LogP) is 4.77. The lowest BCUT2D eigenvalue weighted by molar-refractivity contribution is -0.121. The third kappa shape index (κ3) is 4.77. The van der Waals surface area contributed by atoms with Crippen LogP contribution in [0.3, 0.4) is 0 Å². The van der Waals surface area contributed by atoms with E-state index < -0.39 is 5.92 Å². The molecule has 0 heterocycles. The molecule has 0 bridgehead atoms. The predicted molar refractivity (Wildman–Crippen MR) is 116 cm³/mol. The number of aryl methyl sites for hydroxylation is 2. The van der Waals surface area contributed by atoms with Crippen LogP contribution in [0, 0.1) is 13.8 Å². The minimum Gasteiger partial charge on any atom is -0.496 e. The van der Waals surface area contributed by atoms with Gasteiger partial charge in [0.2, 0.25) is 5.91 Å². The van der Waals surface area contributed by atoms with Crippen LogP contribution in [0.1, 0.15) is 33.7 Å². The summed E-state index contributed by atoms with van der Waals surface area (Å²) in [6.45, 7) is 4.46. The lowest BCUT2D eigenvalue weighted by Gasteiger charge is -2.20. The van der Waals surface area contributed by atoms with Crippen molar-refractivity contribution in [2.45, 2.75) is 26.3 Å². The first-order chi connectivity index (χ1) is 14.0. The Hall–Kier alpha value is -3.27. The van der Waals surface area contributed by atoms with E-state index in [1.165, 1.54) is 0 Å². The number of hydrogen-bond donors (Lipinski definition) is 1. The summed E-state index contributed by atoms with van der Waals surface area (Å²) in [4.78, 5) is 13.3. The van der Waals surface area contributed by atoms with Gasteiger partial charge in [-0.2, -0.15) is 0 Å². The minimum atomic E-state index is -0.423. The molecule has 0 unspecified atom stereocenters. The highest BCUT2D eigenvalue weighted by Gasteiger charge is 2.24. The van der Waals surface area contributed by atoms with Crippen molar-refractivity contribution in [3.8, 4) is 11.5 Å². The fourth-order valence-corrected chi connectivity index (χ4v) is 3.54. The molecular weight excluding hydrogens is 362 g/mol. The zero-order valence-electron chi connectivity index (χ0n) is 17.4. The van der Waals surface area contributed by atoms with E-state index in [2.05, 4.69) is 5.32 Å². The number of rotatable bonds is 7. The van der Waals surface area contributed by atoms with Crippen LogP contribution in [0.4, 0.5) is 0 Å². The van der Waals surface area contributed by atoms with Crippen LogP contribution in [0.2, 0.25) is 0 Å². The summed E-state index contributed by atoms with van der Waals surface area (Å²) in [5.74, 6) is 1.15. The molecule has 3 aromatic rings. The quantitative estimate of drug-likeness (QED) is 0.633. The molecule has 0 saturated heterocycles. The number of benzene rings is 3. The first kappa shape index (κ1) is 20.5. The van der Waals surface area contributed by atoms with Gasteiger partial charge in [0.1, 0.15) is 11.5 Å².